The Labute approximate surface area is 194 Å². The molecule has 0 aromatic carbocycles. The van der Waals surface area contributed by atoms with Crippen molar-refractivity contribution in [2.75, 3.05) is 6.26 Å². The van der Waals surface area contributed by atoms with Crippen molar-refractivity contribution in [3.63, 3.8) is 0 Å². The molecule has 27 heavy (non-hydrogen) atoms. The number of hydrogen-bond donors (Lipinski definition) is 0. The minimum atomic E-state index is 0. The molecule has 0 amide bonds. The zero-order chi connectivity index (χ0) is 17.9. The molecule has 20 radical (unpaired) electrons. The predicted molar refractivity (Wildman–Crippen MR) is 106 cm³/mol. The molecule has 138 valence electrons. The van der Waals surface area contributed by atoms with Crippen LogP contribution in [0.25, 0.3) is 0 Å². The molecule has 0 atom stereocenters. The van der Waals surface area contributed by atoms with Crippen molar-refractivity contribution < 1.29 is 38.9 Å². The van der Waals surface area contributed by atoms with E-state index in [1.165, 1.54) is 0 Å². The molecule has 0 heterocycles. The molecule has 0 N–H and O–H groups in total. The van der Waals surface area contributed by atoms with Gasteiger partial charge in [-0.05, 0) is 115 Å². The van der Waals surface area contributed by atoms with E-state index >= 15 is 0 Å². The third-order valence-electron chi connectivity index (χ3n) is 3.63. The molecule has 0 saturated heterocycles. The maximum atomic E-state index is 12.2. The van der Waals surface area contributed by atoms with Gasteiger partial charge in [-0.25, -0.2) is 0 Å². The van der Waals surface area contributed by atoms with E-state index in [2.05, 4.69) is 0 Å². The molecule has 4 aliphatic carbocycles. The van der Waals surface area contributed by atoms with Crippen LogP contribution >= 0.6 is 11.8 Å². The van der Waals surface area contributed by atoms with Crippen LogP contribution < -0.4 is 0 Å². The van der Waals surface area contributed by atoms with Gasteiger partial charge in [0.15, 0.2) is 0 Å². The monoisotopic (exact) mass is 458 g/mol. The van der Waals surface area contributed by atoms with Gasteiger partial charge in [0, 0.05) is 5.25 Å². The van der Waals surface area contributed by atoms with Gasteiger partial charge in [-0.1, -0.05) is 6.92 Å². The predicted octanol–water partition coefficient (Wildman–Crippen LogP) is 4.48. The third-order valence-corrected chi connectivity index (χ3v) is 4.43. The minimum absolute atomic E-state index is 0. The fourth-order valence-electron chi connectivity index (χ4n) is 2.32. The second kappa shape index (κ2) is 16.8. The molecule has 1 nitrogen and oxygen atoms in total. The van der Waals surface area contributed by atoms with E-state index < -0.39 is 0 Å². The van der Waals surface area contributed by atoms with E-state index in [9.17, 15) is 4.79 Å². The Balaban J connectivity index is 0.000000465. The van der Waals surface area contributed by atoms with Crippen LogP contribution in [0.4, 0.5) is 0 Å². The summed E-state index contributed by atoms with van der Waals surface area (Å²) >= 11 is 1.61. The molecule has 4 aliphatic rings. The van der Waals surface area contributed by atoms with Crippen molar-refractivity contribution in [2.24, 2.45) is 0 Å². The van der Waals surface area contributed by atoms with Gasteiger partial charge in [-0.15, -0.1) is 0 Å². The summed E-state index contributed by atoms with van der Waals surface area (Å²) < 4.78 is 0. The summed E-state index contributed by atoms with van der Waals surface area (Å²) in [5, 5.41) is 1.06. The average molecular weight is 458 g/mol. The van der Waals surface area contributed by atoms with E-state index in [1.807, 2.05) is 116 Å². The molecule has 0 aliphatic heterocycles. The van der Waals surface area contributed by atoms with Crippen LogP contribution in [0.5, 0.6) is 0 Å². The van der Waals surface area contributed by atoms with Crippen molar-refractivity contribution in [2.45, 2.75) is 6.92 Å². The second-order valence-corrected chi connectivity index (χ2v) is 6.23. The van der Waals surface area contributed by atoms with Gasteiger partial charge >= 0.3 is 34.1 Å². The van der Waals surface area contributed by atoms with Crippen LogP contribution in [0, 0.1) is 126 Å². The molecule has 0 aromatic rings. The third kappa shape index (κ3) is 10.1. The molecular formula is C23H22Fe2OS+4. The Bertz CT molecular complexity index is 344. The average Bonchev–Trinajstić information content (AvgIpc) is 3.45. The van der Waals surface area contributed by atoms with E-state index in [0.29, 0.717) is 0 Å². The number of Topliss-reactive ketones (excluding diaryl/α,β-unsaturated/α-hetero) is 1. The number of ketones is 1. The number of carbonyl (C=O) groups excluding carboxylic acids is 1. The van der Waals surface area contributed by atoms with Crippen molar-refractivity contribution >= 4 is 17.5 Å². The second-order valence-electron chi connectivity index (χ2n) is 5.38. The van der Waals surface area contributed by atoms with Crippen LogP contribution in [0.15, 0.2) is 0 Å². The van der Waals surface area contributed by atoms with E-state index in [-0.39, 0.29) is 39.9 Å². The molecule has 4 heteroatoms. The van der Waals surface area contributed by atoms with Crippen molar-refractivity contribution in [3.05, 3.63) is 126 Å². The van der Waals surface area contributed by atoms with Crippen molar-refractivity contribution in [1.29, 1.82) is 0 Å². The maximum Gasteiger partial charge on any atom is 2.00 e. The summed E-state index contributed by atoms with van der Waals surface area (Å²) in [6.45, 7) is 1.97. The van der Waals surface area contributed by atoms with Gasteiger partial charge in [0.1, 0.15) is 5.78 Å². The largest absolute Gasteiger partial charge is 2.00 e. The fraction of sp³-hybridized carbons (Fsp3) is 0.0870. The first-order chi connectivity index (χ1) is 12.2. The van der Waals surface area contributed by atoms with Gasteiger partial charge in [0.2, 0.25) is 0 Å². The quantitative estimate of drug-likeness (QED) is 0.581. The first-order valence-corrected chi connectivity index (χ1v) is 9.36. The van der Waals surface area contributed by atoms with Gasteiger partial charge in [-0.3, -0.25) is 4.79 Å². The summed E-state index contributed by atoms with van der Waals surface area (Å²) in [6.07, 6.45) is 33.6. The number of thioether (sulfide) groups is 1. The normalized spacial score (nSPS) is 23.6. The summed E-state index contributed by atoms with van der Waals surface area (Å²) in [6, 6.07) is 0. The SMILES string of the molecule is CS[C]1[CH][CH][CH][C]1C(=O)[C]1[CH][CH][CH][C]1C.[CH]1[CH][CH][CH][CH]1.[CH]1[CH][CH][CH][CH]1.[Fe+2].[Fe+2]. The Morgan fingerprint density at radius 1 is 0.630 bits per heavy atom. The Kier molecular flexibility index (Phi) is 17.5. The van der Waals surface area contributed by atoms with Crippen LogP contribution in [0.3, 0.4) is 0 Å². The van der Waals surface area contributed by atoms with E-state index in [0.717, 1.165) is 23.0 Å². The summed E-state index contributed by atoms with van der Waals surface area (Å²) in [5.74, 6) is 2.81. The summed E-state index contributed by atoms with van der Waals surface area (Å²) in [5.41, 5.74) is 0. The first-order valence-electron chi connectivity index (χ1n) is 8.14. The fourth-order valence-corrected chi connectivity index (χ4v) is 2.92. The van der Waals surface area contributed by atoms with Gasteiger partial charge in [-0.2, -0.15) is 11.8 Å². The Hall–Kier alpha value is 1.06. The van der Waals surface area contributed by atoms with Crippen LogP contribution in [0.1, 0.15) is 6.92 Å². The molecule has 0 aromatic heterocycles. The molecule has 4 fully saturated rings. The Morgan fingerprint density at radius 2 is 1.04 bits per heavy atom. The van der Waals surface area contributed by atoms with Crippen LogP contribution in [0.2, 0.25) is 0 Å². The number of rotatable bonds is 3. The Morgan fingerprint density at radius 3 is 1.41 bits per heavy atom. The van der Waals surface area contributed by atoms with Crippen LogP contribution in [-0.2, 0) is 38.9 Å². The van der Waals surface area contributed by atoms with Gasteiger partial charge < -0.3 is 0 Å². The van der Waals surface area contributed by atoms with Crippen molar-refractivity contribution in [3.8, 4) is 0 Å². The summed E-state index contributed by atoms with van der Waals surface area (Å²) in [4.78, 5) is 12.2. The zero-order valence-electron chi connectivity index (χ0n) is 15.3. The smallest absolute Gasteiger partial charge is 0.298 e. The molecule has 0 spiro atoms. The van der Waals surface area contributed by atoms with Gasteiger partial charge in [0.05, 0.1) is 11.8 Å². The molecule has 0 bridgehead atoms. The summed E-state index contributed by atoms with van der Waals surface area (Å²) in [7, 11) is 0. The van der Waals surface area contributed by atoms with Crippen LogP contribution in [-0.4, -0.2) is 12.0 Å². The molecule has 4 saturated carbocycles. The van der Waals surface area contributed by atoms with Crippen molar-refractivity contribution in [1.82, 2.24) is 0 Å². The number of hydrogen-bond acceptors (Lipinski definition) is 2. The molecular weight excluding hydrogens is 436 g/mol. The zero-order valence-corrected chi connectivity index (χ0v) is 18.3. The first kappa shape index (κ1) is 28.1. The molecule has 0 unspecified atom stereocenters. The topological polar surface area (TPSA) is 17.1 Å². The minimum Gasteiger partial charge on any atom is -0.298 e. The van der Waals surface area contributed by atoms with E-state index in [1.54, 1.807) is 11.8 Å². The number of carbonyl (C=O) groups is 1. The molecule has 4 rings (SSSR count). The van der Waals surface area contributed by atoms with E-state index in [4.69, 9.17) is 0 Å². The maximum absolute atomic E-state index is 12.2. The standard InChI is InChI=1S/C13H12OS.2C5H5.2Fe/c1-9-5-3-6-10(9)13(14)11-7-4-8-12(11)15-2;2*1-2-4-5-3-1;;/h3-8H,1-2H3;2*1-5H;;/q;;;2*+2. The van der Waals surface area contributed by atoms with Gasteiger partial charge in [0.25, 0.3) is 0 Å².